The molecule has 0 aromatic heterocycles. The summed E-state index contributed by atoms with van der Waals surface area (Å²) < 4.78 is 16.3. The zero-order valence-corrected chi connectivity index (χ0v) is 11.2. The number of esters is 1. The Bertz CT molecular complexity index is 555. The smallest absolute Gasteiger partial charge is 0.317 e. The van der Waals surface area contributed by atoms with Gasteiger partial charge in [0.1, 0.15) is 0 Å². The predicted octanol–water partition coefficient (Wildman–Crippen LogP) is 1.40. The first-order valence-corrected chi connectivity index (χ1v) is 6.63. The van der Waals surface area contributed by atoms with Crippen LogP contribution in [-0.4, -0.2) is 25.3 Å². The van der Waals surface area contributed by atoms with E-state index in [9.17, 15) is 4.79 Å². The molecule has 0 saturated carbocycles. The largest absolute Gasteiger partial charge is 0.493 e. The molecular weight excluding hydrogens is 258 g/mol. The zero-order chi connectivity index (χ0) is 14.1. The molecule has 3 rings (SSSR count). The van der Waals surface area contributed by atoms with E-state index < -0.39 is 0 Å². The van der Waals surface area contributed by atoms with Crippen LogP contribution in [0, 0.1) is 5.92 Å². The van der Waals surface area contributed by atoms with Crippen molar-refractivity contribution in [1.82, 2.24) is 0 Å². The second-order valence-electron chi connectivity index (χ2n) is 4.98. The predicted molar refractivity (Wildman–Crippen MR) is 72.4 cm³/mol. The average molecular weight is 275 g/mol. The average Bonchev–Trinajstić information content (AvgIpc) is 3.10. The summed E-state index contributed by atoms with van der Waals surface area (Å²) in [6.07, 6.45) is 4.50. The number of hydrogen-bond acceptors (Lipinski definition) is 5. The van der Waals surface area contributed by atoms with Gasteiger partial charge >= 0.3 is 5.97 Å². The summed E-state index contributed by atoms with van der Waals surface area (Å²) in [4.78, 5) is 12.2. The van der Waals surface area contributed by atoms with Crippen molar-refractivity contribution in [2.75, 3.05) is 7.11 Å². The van der Waals surface area contributed by atoms with Gasteiger partial charge in [0.25, 0.3) is 0 Å². The lowest BCUT2D eigenvalue weighted by Gasteiger charge is -2.16. The Morgan fingerprint density at radius 1 is 1.40 bits per heavy atom. The summed E-state index contributed by atoms with van der Waals surface area (Å²) in [5.74, 6) is 0.423. The molecule has 0 spiro atoms. The van der Waals surface area contributed by atoms with Gasteiger partial charge in [-0.1, -0.05) is 18.2 Å². The summed E-state index contributed by atoms with van der Waals surface area (Å²) in [5, 5.41) is 0. The quantitative estimate of drug-likeness (QED) is 0.511. The first-order valence-electron chi connectivity index (χ1n) is 6.63. The minimum absolute atomic E-state index is 0.0547. The van der Waals surface area contributed by atoms with Crippen molar-refractivity contribution in [1.29, 1.82) is 0 Å². The molecule has 2 heterocycles. The highest BCUT2D eigenvalue weighted by Crippen LogP contribution is 2.36. The Morgan fingerprint density at radius 2 is 2.25 bits per heavy atom. The van der Waals surface area contributed by atoms with E-state index in [1.54, 1.807) is 12.1 Å². The van der Waals surface area contributed by atoms with Gasteiger partial charge in [0.2, 0.25) is 0 Å². The minimum Gasteiger partial charge on any atom is -0.493 e. The molecule has 0 radical (unpaired) electrons. The molecule has 0 amide bonds. The Balaban J connectivity index is 1.74. The van der Waals surface area contributed by atoms with Crippen LogP contribution in [0.1, 0.15) is 12.0 Å². The molecular formula is C15H17NO4. The first kappa shape index (κ1) is 13.1. The van der Waals surface area contributed by atoms with Gasteiger partial charge in [0, 0.05) is 6.54 Å². The van der Waals surface area contributed by atoms with E-state index in [4.69, 9.17) is 19.9 Å². The molecule has 2 bridgehead atoms. The third kappa shape index (κ3) is 2.30. The highest BCUT2D eigenvalue weighted by atomic mass is 16.6. The highest BCUT2D eigenvalue weighted by molar-refractivity contribution is 5.77. The van der Waals surface area contributed by atoms with Crippen LogP contribution in [0.2, 0.25) is 0 Å². The number of nitrogens with two attached hydrogens (primary N) is 1. The molecule has 2 aliphatic rings. The van der Waals surface area contributed by atoms with E-state index in [1.165, 1.54) is 7.11 Å². The van der Waals surface area contributed by atoms with Gasteiger partial charge in [-0.3, -0.25) is 4.79 Å². The lowest BCUT2D eigenvalue weighted by molar-refractivity contribution is -0.140. The zero-order valence-electron chi connectivity index (χ0n) is 11.2. The van der Waals surface area contributed by atoms with Crippen molar-refractivity contribution < 1.29 is 19.0 Å². The molecule has 1 aromatic rings. The van der Waals surface area contributed by atoms with Crippen molar-refractivity contribution in [3.63, 3.8) is 0 Å². The molecule has 1 fully saturated rings. The van der Waals surface area contributed by atoms with Crippen molar-refractivity contribution in [3.05, 3.63) is 35.9 Å². The number of fused-ring (bicyclic) bond motifs is 2. The topological polar surface area (TPSA) is 70.8 Å². The molecule has 2 aliphatic heterocycles. The molecule has 5 nitrogen and oxygen atoms in total. The van der Waals surface area contributed by atoms with Gasteiger partial charge in [-0.05, 0) is 24.1 Å². The second-order valence-corrected chi connectivity index (χ2v) is 4.98. The Labute approximate surface area is 117 Å². The fraction of sp³-hybridized carbons (Fsp3) is 0.400. The lowest BCUT2D eigenvalue weighted by Crippen LogP contribution is -2.27. The maximum absolute atomic E-state index is 12.2. The Hall–Kier alpha value is -1.85. The van der Waals surface area contributed by atoms with Crippen molar-refractivity contribution in [2.24, 2.45) is 11.7 Å². The van der Waals surface area contributed by atoms with Crippen LogP contribution in [-0.2, 0) is 16.1 Å². The molecule has 20 heavy (non-hydrogen) atoms. The summed E-state index contributed by atoms with van der Waals surface area (Å²) in [7, 11) is 1.54. The van der Waals surface area contributed by atoms with Crippen LogP contribution in [0.15, 0.2) is 30.4 Å². The number of carbonyl (C=O) groups excluding carboxylic acids is 1. The van der Waals surface area contributed by atoms with E-state index in [2.05, 4.69) is 0 Å². The molecule has 106 valence electrons. The van der Waals surface area contributed by atoms with Gasteiger partial charge in [0.15, 0.2) is 11.5 Å². The summed E-state index contributed by atoms with van der Waals surface area (Å²) >= 11 is 0. The van der Waals surface area contributed by atoms with Crippen molar-refractivity contribution in [2.45, 2.75) is 25.2 Å². The monoisotopic (exact) mass is 275 g/mol. The molecule has 2 N–H and O–H groups in total. The number of carbonyl (C=O) groups is 1. The third-order valence-electron chi connectivity index (χ3n) is 3.71. The molecule has 3 atom stereocenters. The minimum atomic E-state index is -0.277. The van der Waals surface area contributed by atoms with E-state index in [0.717, 1.165) is 5.56 Å². The van der Waals surface area contributed by atoms with Gasteiger partial charge < -0.3 is 19.9 Å². The van der Waals surface area contributed by atoms with E-state index in [-0.39, 0.29) is 24.1 Å². The summed E-state index contributed by atoms with van der Waals surface area (Å²) in [6, 6.07) is 5.31. The third-order valence-corrected chi connectivity index (χ3v) is 3.71. The van der Waals surface area contributed by atoms with Crippen molar-refractivity contribution in [3.8, 4) is 11.5 Å². The van der Waals surface area contributed by atoms with Gasteiger partial charge in [-0.25, -0.2) is 0 Å². The standard InChI is InChI=1S/C15H17NO4/c1-18-14-6-9(8-16)2-4-13(14)20-15(17)11-7-10-3-5-12(11)19-10/h2-6,10-12H,7-8,16H2,1H3. The maximum Gasteiger partial charge on any atom is 0.317 e. The Morgan fingerprint density at radius 3 is 2.85 bits per heavy atom. The SMILES string of the molecule is COc1cc(CN)ccc1OC(=O)C1CC2C=CC1O2. The van der Waals surface area contributed by atoms with Crippen LogP contribution >= 0.6 is 0 Å². The fourth-order valence-corrected chi connectivity index (χ4v) is 2.61. The molecule has 3 unspecified atom stereocenters. The fourth-order valence-electron chi connectivity index (χ4n) is 2.61. The summed E-state index contributed by atoms with van der Waals surface area (Å²) in [6.45, 7) is 0.412. The maximum atomic E-state index is 12.2. The number of benzene rings is 1. The van der Waals surface area contributed by atoms with Crippen LogP contribution in [0.5, 0.6) is 11.5 Å². The molecule has 1 aromatic carbocycles. The van der Waals surface area contributed by atoms with Gasteiger partial charge in [-0.2, -0.15) is 0 Å². The number of methoxy groups -OCH3 is 1. The molecule has 1 saturated heterocycles. The lowest BCUT2D eigenvalue weighted by atomic mass is 9.94. The number of rotatable bonds is 4. The molecule has 0 aliphatic carbocycles. The van der Waals surface area contributed by atoms with E-state index in [0.29, 0.717) is 24.5 Å². The number of hydrogen-bond donors (Lipinski definition) is 1. The normalized spacial score (nSPS) is 26.8. The van der Waals surface area contributed by atoms with Gasteiger partial charge in [0.05, 0.1) is 25.2 Å². The van der Waals surface area contributed by atoms with Crippen molar-refractivity contribution >= 4 is 5.97 Å². The summed E-state index contributed by atoms with van der Waals surface area (Å²) in [5.41, 5.74) is 6.50. The van der Waals surface area contributed by atoms with E-state index in [1.807, 2.05) is 18.2 Å². The van der Waals surface area contributed by atoms with Crippen LogP contribution < -0.4 is 15.2 Å². The van der Waals surface area contributed by atoms with Crippen LogP contribution in [0.25, 0.3) is 0 Å². The first-order chi connectivity index (χ1) is 9.71. The van der Waals surface area contributed by atoms with Gasteiger partial charge in [-0.15, -0.1) is 0 Å². The molecule has 5 heteroatoms. The Kier molecular flexibility index (Phi) is 3.46. The van der Waals surface area contributed by atoms with E-state index >= 15 is 0 Å². The van der Waals surface area contributed by atoms with Crippen LogP contribution in [0.3, 0.4) is 0 Å². The highest BCUT2D eigenvalue weighted by Gasteiger charge is 2.42. The number of ether oxygens (including phenoxy) is 3. The second kappa shape index (κ2) is 5.26. The van der Waals surface area contributed by atoms with Crippen LogP contribution in [0.4, 0.5) is 0 Å².